The van der Waals surface area contributed by atoms with Gasteiger partial charge in [-0.2, -0.15) is 0 Å². The van der Waals surface area contributed by atoms with E-state index in [4.69, 9.17) is 4.74 Å². The number of nitro groups is 1. The van der Waals surface area contributed by atoms with Crippen LogP contribution < -0.4 is 10.9 Å². The van der Waals surface area contributed by atoms with Crippen molar-refractivity contribution in [1.29, 1.82) is 0 Å². The van der Waals surface area contributed by atoms with Gasteiger partial charge in [-0.25, -0.2) is 4.98 Å². The van der Waals surface area contributed by atoms with Gasteiger partial charge in [0.2, 0.25) is 5.82 Å². The van der Waals surface area contributed by atoms with Crippen LogP contribution in [-0.2, 0) is 4.74 Å². The third-order valence-electron chi connectivity index (χ3n) is 5.03. The monoisotopic (exact) mass is 395 g/mol. The minimum absolute atomic E-state index is 0.0135. The lowest BCUT2D eigenvalue weighted by atomic mass is 10.0. The first-order valence-corrected chi connectivity index (χ1v) is 9.41. The summed E-state index contributed by atoms with van der Waals surface area (Å²) in [6, 6.07) is 14.9. The largest absolute Gasteiger partial charge is 0.379 e. The SMILES string of the molecule is O=c1c([N+](=O)[O-])c(NCC(c2ccccc2)N2CCOCC2)nc2ccccn12. The molecule has 0 bridgehead atoms. The first-order chi connectivity index (χ1) is 14.1. The van der Waals surface area contributed by atoms with Crippen molar-refractivity contribution in [3.8, 4) is 0 Å². The van der Waals surface area contributed by atoms with E-state index in [9.17, 15) is 14.9 Å². The molecule has 0 radical (unpaired) electrons. The highest BCUT2D eigenvalue weighted by Crippen LogP contribution is 2.24. The van der Waals surface area contributed by atoms with Crippen LogP contribution in [0.2, 0.25) is 0 Å². The fraction of sp³-hybridized carbons (Fsp3) is 0.300. The van der Waals surface area contributed by atoms with Gasteiger partial charge in [0.05, 0.1) is 24.2 Å². The van der Waals surface area contributed by atoms with Gasteiger partial charge in [0, 0.05) is 25.8 Å². The molecule has 1 atom stereocenters. The summed E-state index contributed by atoms with van der Waals surface area (Å²) in [7, 11) is 0. The van der Waals surface area contributed by atoms with E-state index in [0.29, 0.717) is 25.4 Å². The number of aromatic nitrogens is 2. The number of hydrogen-bond donors (Lipinski definition) is 1. The summed E-state index contributed by atoms with van der Waals surface area (Å²) in [5.74, 6) is -0.0135. The van der Waals surface area contributed by atoms with Gasteiger partial charge in [0.15, 0.2) is 0 Å². The second kappa shape index (κ2) is 8.38. The van der Waals surface area contributed by atoms with Crippen molar-refractivity contribution in [3.63, 3.8) is 0 Å². The Kier molecular flexibility index (Phi) is 5.50. The van der Waals surface area contributed by atoms with Crippen LogP contribution in [0, 0.1) is 10.1 Å². The van der Waals surface area contributed by atoms with E-state index in [1.54, 1.807) is 18.2 Å². The summed E-state index contributed by atoms with van der Waals surface area (Å²) in [5.41, 5.74) is 0.184. The van der Waals surface area contributed by atoms with Crippen LogP contribution in [0.5, 0.6) is 0 Å². The molecule has 0 aliphatic carbocycles. The van der Waals surface area contributed by atoms with Crippen molar-refractivity contribution < 1.29 is 9.66 Å². The van der Waals surface area contributed by atoms with Gasteiger partial charge in [0.1, 0.15) is 5.65 Å². The Morgan fingerprint density at radius 1 is 1.14 bits per heavy atom. The van der Waals surface area contributed by atoms with E-state index in [-0.39, 0.29) is 11.9 Å². The third kappa shape index (κ3) is 3.96. The number of ether oxygens (including phenoxy) is 1. The second-order valence-electron chi connectivity index (χ2n) is 6.76. The van der Waals surface area contributed by atoms with E-state index < -0.39 is 16.2 Å². The molecule has 0 spiro atoms. The molecule has 29 heavy (non-hydrogen) atoms. The Balaban J connectivity index is 1.68. The quantitative estimate of drug-likeness (QED) is 0.504. The van der Waals surface area contributed by atoms with Crippen molar-refractivity contribution in [2.24, 2.45) is 0 Å². The van der Waals surface area contributed by atoms with Crippen LogP contribution in [0.15, 0.2) is 59.5 Å². The van der Waals surface area contributed by atoms with E-state index in [2.05, 4.69) is 15.2 Å². The lowest BCUT2D eigenvalue weighted by molar-refractivity contribution is -0.385. The maximum Gasteiger partial charge on any atom is 0.376 e. The van der Waals surface area contributed by atoms with Gasteiger partial charge in [0.25, 0.3) is 0 Å². The number of morpholine rings is 1. The number of nitrogens with zero attached hydrogens (tertiary/aromatic N) is 4. The van der Waals surface area contributed by atoms with Gasteiger partial charge in [-0.3, -0.25) is 24.2 Å². The van der Waals surface area contributed by atoms with E-state index in [1.807, 2.05) is 30.3 Å². The average Bonchev–Trinajstić information content (AvgIpc) is 2.75. The predicted octanol–water partition coefficient (Wildman–Crippen LogP) is 2.09. The zero-order chi connectivity index (χ0) is 20.2. The minimum atomic E-state index is -0.703. The Hall–Kier alpha value is -3.30. The standard InChI is InChI=1S/C20H21N5O4/c26-20-18(25(27)28)19(22-17-8-4-5-9-24(17)20)21-14-16(15-6-2-1-3-7-15)23-10-12-29-13-11-23/h1-9,16,21H,10-14H2. The van der Waals surface area contributed by atoms with Gasteiger partial charge >= 0.3 is 11.2 Å². The van der Waals surface area contributed by atoms with Crippen molar-refractivity contribution in [1.82, 2.24) is 14.3 Å². The van der Waals surface area contributed by atoms with E-state index in [0.717, 1.165) is 18.7 Å². The highest BCUT2D eigenvalue weighted by molar-refractivity contribution is 5.60. The summed E-state index contributed by atoms with van der Waals surface area (Å²) in [5, 5.41) is 14.7. The first-order valence-electron chi connectivity index (χ1n) is 9.41. The average molecular weight is 395 g/mol. The third-order valence-corrected chi connectivity index (χ3v) is 5.03. The molecule has 3 heterocycles. The molecule has 9 nitrogen and oxygen atoms in total. The number of rotatable bonds is 6. The molecule has 1 saturated heterocycles. The molecule has 2 aromatic heterocycles. The first kappa shape index (κ1) is 19.0. The molecule has 0 amide bonds. The second-order valence-corrected chi connectivity index (χ2v) is 6.76. The Morgan fingerprint density at radius 3 is 2.59 bits per heavy atom. The number of nitrogens with one attached hydrogen (secondary N) is 1. The molecular weight excluding hydrogens is 374 g/mol. The molecule has 3 aromatic rings. The van der Waals surface area contributed by atoms with Crippen molar-refractivity contribution >= 4 is 17.2 Å². The van der Waals surface area contributed by atoms with E-state index in [1.165, 1.54) is 10.6 Å². The van der Waals surface area contributed by atoms with Gasteiger partial charge in [-0.15, -0.1) is 0 Å². The lowest BCUT2D eigenvalue weighted by Crippen LogP contribution is -2.41. The number of anilines is 1. The van der Waals surface area contributed by atoms with Crippen molar-refractivity contribution in [2.45, 2.75) is 6.04 Å². The molecule has 1 aromatic carbocycles. The maximum absolute atomic E-state index is 12.6. The summed E-state index contributed by atoms with van der Waals surface area (Å²) in [6.07, 6.45) is 1.47. The number of benzene rings is 1. The van der Waals surface area contributed by atoms with Gasteiger partial charge in [-0.1, -0.05) is 36.4 Å². The molecule has 4 rings (SSSR count). The molecule has 1 N–H and O–H groups in total. The van der Waals surface area contributed by atoms with Gasteiger partial charge < -0.3 is 10.1 Å². The van der Waals surface area contributed by atoms with Crippen LogP contribution >= 0.6 is 0 Å². The van der Waals surface area contributed by atoms with Crippen LogP contribution in [0.25, 0.3) is 5.65 Å². The van der Waals surface area contributed by atoms with Gasteiger partial charge in [-0.05, 0) is 17.7 Å². The summed E-state index contributed by atoms with van der Waals surface area (Å²) in [4.78, 5) is 30.1. The minimum Gasteiger partial charge on any atom is -0.379 e. The summed E-state index contributed by atoms with van der Waals surface area (Å²) in [6.45, 7) is 3.17. The van der Waals surface area contributed by atoms with Crippen LogP contribution in [-0.4, -0.2) is 52.1 Å². The zero-order valence-electron chi connectivity index (χ0n) is 15.7. The predicted molar refractivity (Wildman–Crippen MR) is 108 cm³/mol. The Bertz CT molecular complexity index is 1060. The number of pyridine rings is 1. The van der Waals surface area contributed by atoms with Crippen molar-refractivity contribution in [2.75, 3.05) is 38.2 Å². The molecular formula is C20H21N5O4. The molecule has 1 aliphatic heterocycles. The molecule has 1 aliphatic rings. The molecule has 0 saturated carbocycles. The summed E-state index contributed by atoms with van der Waals surface area (Å²) >= 11 is 0. The lowest BCUT2D eigenvalue weighted by Gasteiger charge is -2.35. The smallest absolute Gasteiger partial charge is 0.376 e. The fourth-order valence-electron chi connectivity index (χ4n) is 3.58. The Morgan fingerprint density at radius 2 is 1.86 bits per heavy atom. The number of fused-ring (bicyclic) bond motifs is 1. The summed E-state index contributed by atoms with van der Waals surface area (Å²) < 4.78 is 6.64. The highest BCUT2D eigenvalue weighted by atomic mass is 16.6. The Labute approximate surface area is 166 Å². The van der Waals surface area contributed by atoms with Crippen LogP contribution in [0.4, 0.5) is 11.5 Å². The molecule has 9 heteroatoms. The topological polar surface area (TPSA) is 102 Å². The van der Waals surface area contributed by atoms with Crippen molar-refractivity contribution in [3.05, 3.63) is 80.8 Å². The highest BCUT2D eigenvalue weighted by Gasteiger charge is 2.27. The number of hydrogen-bond acceptors (Lipinski definition) is 7. The maximum atomic E-state index is 12.6. The van der Waals surface area contributed by atoms with Crippen LogP contribution in [0.1, 0.15) is 11.6 Å². The fourth-order valence-corrected chi connectivity index (χ4v) is 3.58. The molecule has 150 valence electrons. The zero-order valence-corrected chi connectivity index (χ0v) is 15.7. The van der Waals surface area contributed by atoms with E-state index >= 15 is 0 Å². The van der Waals surface area contributed by atoms with Crippen LogP contribution in [0.3, 0.4) is 0 Å². The molecule has 1 unspecified atom stereocenters. The normalized spacial score (nSPS) is 15.9. The molecule has 1 fully saturated rings.